The van der Waals surface area contributed by atoms with E-state index in [0.29, 0.717) is 5.92 Å². The number of aromatic nitrogens is 2. The van der Waals surface area contributed by atoms with Gasteiger partial charge in [-0.2, -0.15) is 4.98 Å². The van der Waals surface area contributed by atoms with Gasteiger partial charge in [-0.05, 0) is 24.8 Å². The van der Waals surface area contributed by atoms with Crippen LogP contribution in [0.4, 0.5) is 11.8 Å². The third-order valence-electron chi connectivity index (χ3n) is 5.02. The van der Waals surface area contributed by atoms with E-state index in [-0.39, 0.29) is 0 Å². The summed E-state index contributed by atoms with van der Waals surface area (Å²) in [6.45, 7) is 12.5. The largest absolute Gasteiger partial charge is 0.354 e. The van der Waals surface area contributed by atoms with Gasteiger partial charge in [0.1, 0.15) is 5.82 Å². The summed E-state index contributed by atoms with van der Waals surface area (Å²) in [4.78, 5) is 14.2. The molecule has 0 unspecified atom stereocenters. The summed E-state index contributed by atoms with van der Waals surface area (Å²) in [5, 5.41) is 3.38. The molecule has 0 spiro atoms. The van der Waals surface area contributed by atoms with Gasteiger partial charge in [-0.1, -0.05) is 56.3 Å². The molecule has 2 aromatic rings. The maximum atomic E-state index is 4.75. The third kappa shape index (κ3) is 6.34. The summed E-state index contributed by atoms with van der Waals surface area (Å²) >= 11 is 0. The van der Waals surface area contributed by atoms with Crippen molar-refractivity contribution >= 4 is 17.8 Å². The van der Waals surface area contributed by atoms with E-state index in [4.69, 9.17) is 4.98 Å². The van der Waals surface area contributed by atoms with Crippen LogP contribution in [0.5, 0.6) is 0 Å². The molecule has 3 rings (SSSR count). The number of anilines is 2. The summed E-state index contributed by atoms with van der Waals surface area (Å²) in [5.74, 6) is 2.48. The quantitative estimate of drug-likeness (QED) is 0.749. The smallest absolute Gasteiger partial charge is 0.224 e. The Labute approximate surface area is 169 Å². The van der Waals surface area contributed by atoms with Gasteiger partial charge in [0.15, 0.2) is 0 Å². The fourth-order valence-electron chi connectivity index (χ4n) is 3.33. The lowest BCUT2D eigenvalue weighted by atomic mass is 10.1. The Balaban J connectivity index is 1.50. The average molecular weight is 380 g/mol. The van der Waals surface area contributed by atoms with Crippen molar-refractivity contribution in [3.63, 3.8) is 0 Å². The summed E-state index contributed by atoms with van der Waals surface area (Å²) < 4.78 is 0. The van der Waals surface area contributed by atoms with Crippen LogP contribution >= 0.6 is 0 Å². The minimum Gasteiger partial charge on any atom is -0.354 e. The molecule has 2 heterocycles. The van der Waals surface area contributed by atoms with E-state index in [2.05, 4.69) is 82.5 Å². The number of hydrogen-bond donors (Lipinski definition) is 1. The molecule has 0 atom stereocenters. The van der Waals surface area contributed by atoms with Crippen LogP contribution in [0.1, 0.15) is 31.5 Å². The van der Waals surface area contributed by atoms with Crippen molar-refractivity contribution in [1.29, 1.82) is 0 Å². The molecule has 0 saturated carbocycles. The highest BCUT2D eigenvalue weighted by Crippen LogP contribution is 2.17. The molecular formula is C23H33N5. The molecule has 0 aliphatic carbocycles. The summed E-state index contributed by atoms with van der Waals surface area (Å²) in [5.41, 5.74) is 2.28. The van der Waals surface area contributed by atoms with E-state index in [1.165, 1.54) is 5.56 Å². The fourth-order valence-corrected chi connectivity index (χ4v) is 3.33. The lowest BCUT2D eigenvalue weighted by molar-refractivity contribution is 0.283. The molecule has 0 radical (unpaired) electrons. The van der Waals surface area contributed by atoms with E-state index in [9.17, 15) is 0 Å². The van der Waals surface area contributed by atoms with Crippen molar-refractivity contribution in [2.45, 2.75) is 27.2 Å². The van der Waals surface area contributed by atoms with E-state index in [0.717, 1.165) is 63.1 Å². The Kier molecular flexibility index (Phi) is 7.43. The van der Waals surface area contributed by atoms with Crippen LogP contribution in [0.2, 0.25) is 0 Å². The van der Waals surface area contributed by atoms with Crippen molar-refractivity contribution in [2.24, 2.45) is 5.92 Å². The summed E-state index contributed by atoms with van der Waals surface area (Å²) in [6.07, 6.45) is 5.59. The number of nitrogens with one attached hydrogen (secondary N) is 1. The normalized spacial score (nSPS) is 15.5. The Bertz CT molecular complexity index is 749. The molecule has 0 bridgehead atoms. The Morgan fingerprint density at radius 2 is 1.82 bits per heavy atom. The number of aryl methyl sites for hydroxylation is 1. The van der Waals surface area contributed by atoms with Gasteiger partial charge in [-0.3, -0.25) is 4.90 Å². The highest BCUT2D eigenvalue weighted by molar-refractivity contribution is 5.49. The van der Waals surface area contributed by atoms with Gasteiger partial charge in [0.05, 0.1) is 0 Å². The SMILES string of the molecule is Cc1cc(N2CCN(C/C=C/c3ccccc3)CC2)nc(NCCC(C)C)n1. The molecule has 5 heteroatoms. The maximum absolute atomic E-state index is 4.75. The number of nitrogens with zero attached hydrogens (tertiary/aromatic N) is 4. The summed E-state index contributed by atoms with van der Waals surface area (Å²) in [6, 6.07) is 12.6. The van der Waals surface area contributed by atoms with Crippen molar-refractivity contribution in [2.75, 3.05) is 49.5 Å². The van der Waals surface area contributed by atoms with Crippen molar-refractivity contribution in [1.82, 2.24) is 14.9 Å². The first-order chi connectivity index (χ1) is 13.6. The van der Waals surface area contributed by atoms with E-state index in [1.54, 1.807) is 0 Å². The van der Waals surface area contributed by atoms with Gasteiger partial charge in [-0.15, -0.1) is 0 Å². The highest BCUT2D eigenvalue weighted by Gasteiger charge is 2.18. The van der Waals surface area contributed by atoms with Crippen LogP contribution < -0.4 is 10.2 Å². The molecule has 1 saturated heterocycles. The number of piperazine rings is 1. The molecule has 1 fully saturated rings. The second-order valence-corrected chi connectivity index (χ2v) is 7.90. The molecule has 150 valence electrons. The van der Waals surface area contributed by atoms with Gasteiger partial charge in [0.2, 0.25) is 5.95 Å². The van der Waals surface area contributed by atoms with Crippen molar-refractivity contribution in [3.8, 4) is 0 Å². The zero-order valence-corrected chi connectivity index (χ0v) is 17.4. The zero-order chi connectivity index (χ0) is 19.8. The number of benzene rings is 1. The van der Waals surface area contributed by atoms with Crippen LogP contribution in [-0.4, -0.2) is 54.1 Å². The number of rotatable bonds is 8. The first-order valence-electron chi connectivity index (χ1n) is 10.4. The monoisotopic (exact) mass is 379 g/mol. The first kappa shape index (κ1) is 20.3. The van der Waals surface area contributed by atoms with E-state index < -0.39 is 0 Å². The molecule has 0 amide bonds. The molecular weight excluding hydrogens is 346 g/mol. The lowest BCUT2D eigenvalue weighted by Gasteiger charge is -2.35. The molecule has 28 heavy (non-hydrogen) atoms. The number of hydrogen-bond acceptors (Lipinski definition) is 5. The van der Waals surface area contributed by atoms with Crippen LogP contribution in [0, 0.1) is 12.8 Å². The standard InChI is InChI=1S/C23H33N5/c1-19(2)11-12-24-23-25-20(3)18-22(26-23)28-16-14-27(15-17-28)13-7-10-21-8-5-4-6-9-21/h4-10,18-19H,11-17H2,1-3H3,(H,24,25,26)/b10-7+. The van der Waals surface area contributed by atoms with Crippen molar-refractivity contribution < 1.29 is 0 Å². The Morgan fingerprint density at radius 3 is 2.54 bits per heavy atom. The Morgan fingerprint density at radius 1 is 1.07 bits per heavy atom. The molecule has 5 nitrogen and oxygen atoms in total. The van der Waals surface area contributed by atoms with Crippen LogP contribution in [0.25, 0.3) is 6.08 Å². The van der Waals surface area contributed by atoms with Gasteiger partial charge in [0.25, 0.3) is 0 Å². The average Bonchev–Trinajstić information content (AvgIpc) is 2.69. The van der Waals surface area contributed by atoms with Crippen molar-refractivity contribution in [3.05, 3.63) is 53.7 Å². The van der Waals surface area contributed by atoms with E-state index >= 15 is 0 Å². The minimum atomic E-state index is 0.681. The van der Waals surface area contributed by atoms with Gasteiger partial charge >= 0.3 is 0 Å². The second-order valence-electron chi connectivity index (χ2n) is 7.90. The first-order valence-corrected chi connectivity index (χ1v) is 10.4. The van der Waals surface area contributed by atoms with E-state index in [1.807, 2.05) is 6.92 Å². The summed E-state index contributed by atoms with van der Waals surface area (Å²) in [7, 11) is 0. The molecule has 1 aromatic heterocycles. The third-order valence-corrected chi connectivity index (χ3v) is 5.02. The van der Waals surface area contributed by atoms with Crippen LogP contribution in [0.15, 0.2) is 42.5 Å². The van der Waals surface area contributed by atoms with Gasteiger partial charge < -0.3 is 10.2 Å². The Hall–Kier alpha value is -2.40. The van der Waals surface area contributed by atoms with Crippen LogP contribution in [0.3, 0.4) is 0 Å². The van der Waals surface area contributed by atoms with Gasteiger partial charge in [-0.25, -0.2) is 4.98 Å². The lowest BCUT2D eigenvalue weighted by Crippen LogP contribution is -2.46. The fraction of sp³-hybridized carbons (Fsp3) is 0.478. The highest BCUT2D eigenvalue weighted by atomic mass is 15.3. The predicted octanol–water partition coefficient (Wildman–Crippen LogP) is 4.08. The topological polar surface area (TPSA) is 44.3 Å². The van der Waals surface area contributed by atoms with Crippen LogP contribution in [-0.2, 0) is 0 Å². The predicted molar refractivity (Wildman–Crippen MR) is 119 cm³/mol. The maximum Gasteiger partial charge on any atom is 0.224 e. The molecule has 1 aliphatic heterocycles. The molecule has 1 N–H and O–H groups in total. The zero-order valence-electron chi connectivity index (χ0n) is 17.4. The second kappa shape index (κ2) is 10.2. The van der Waals surface area contributed by atoms with Gasteiger partial charge in [0, 0.05) is 51.0 Å². The molecule has 1 aromatic carbocycles. The minimum absolute atomic E-state index is 0.681. The molecule has 1 aliphatic rings.